The first-order valence-corrected chi connectivity index (χ1v) is 14.0. The van der Waals surface area contributed by atoms with E-state index in [0.717, 1.165) is 28.8 Å². The second kappa shape index (κ2) is 9.64. The van der Waals surface area contributed by atoms with Crippen LogP contribution in [-0.2, 0) is 16.4 Å². The molecule has 184 valence electrons. The van der Waals surface area contributed by atoms with Crippen molar-refractivity contribution in [1.29, 1.82) is 0 Å². The SMILES string of the molecule is COc1cc2c(cc1OC)[C@H](c1cccs1)N(C(=O)c1cccc(S(=O)(=O)N3CCCC3)c1)CC2. The van der Waals surface area contributed by atoms with Gasteiger partial charge in [0, 0.05) is 30.1 Å². The maximum Gasteiger partial charge on any atom is 0.254 e. The summed E-state index contributed by atoms with van der Waals surface area (Å²) in [6.07, 6.45) is 2.39. The van der Waals surface area contributed by atoms with Gasteiger partial charge in [0.05, 0.1) is 25.2 Å². The summed E-state index contributed by atoms with van der Waals surface area (Å²) in [5.41, 5.74) is 2.47. The van der Waals surface area contributed by atoms with Crippen LogP contribution in [0.4, 0.5) is 0 Å². The Kier molecular flexibility index (Phi) is 6.57. The number of ether oxygens (including phenoxy) is 2. The first-order valence-electron chi connectivity index (χ1n) is 11.6. The molecule has 0 radical (unpaired) electrons. The molecule has 1 amide bonds. The third-order valence-corrected chi connectivity index (χ3v) is 9.55. The molecule has 7 nitrogen and oxygen atoms in total. The Morgan fingerprint density at radius 1 is 0.971 bits per heavy atom. The van der Waals surface area contributed by atoms with Gasteiger partial charge in [0.15, 0.2) is 11.5 Å². The highest BCUT2D eigenvalue weighted by molar-refractivity contribution is 7.89. The van der Waals surface area contributed by atoms with Crippen LogP contribution in [-0.4, -0.2) is 57.4 Å². The molecule has 0 saturated carbocycles. The first-order chi connectivity index (χ1) is 16.9. The van der Waals surface area contributed by atoms with Crippen LogP contribution in [0.2, 0.25) is 0 Å². The van der Waals surface area contributed by atoms with Crippen LogP contribution < -0.4 is 9.47 Å². The third kappa shape index (κ3) is 4.32. The molecule has 2 aliphatic rings. The predicted octanol–water partition coefficient (Wildman–Crippen LogP) is 4.34. The van der Waals surface area contributed by atoms with Crippen molar-refractivity contribution in [2.45, 2.75) is 30.2 Å². The number of thiophene rings is 1. The molecular formula is C26H28N2O5S2. The molecular weight excluding hydrogens is 484 g/mol. The zero-order valence-electron chi connectivity index (χ0n) is 19.8. The lowest BCUT2D eigenvalue weighted by molar-refractivity contribution is 0.0696. The van der Waals surface area contributed by atoms with Crippen LogP contribution in [0.5, 0.6) is 11.5 Å². The number of carbonyl (C=O) groups is 1. The molecule has 0 spiro atoms. The van der Waals surface area contributed by atoms with E-state index < -0.39 is 10.0 Å². The van der Waals surface area contributed by atoms with Crippen LogP contribution in [0, 0.1) is 0 Å². The summed E-state index contributed by atoms with van der Waals surface area (Å²) in [5, 5.41) is 2.00. The summed E-state index contributed by atoms with van der Waals surface area (Å²) >= 11 is 1.59. The van der Waals surface area contributed by atoms with Crippen molar-refractivity contribution in [3.63, 3.8) is 0 Å². The Hall–Kier alpha value is -2.88. The van der Waals surface area contributed by atoms with Gasteiger partial charge < -0.3 is 14.4 Å². The molecule has 0 N–H and O–H groups in total. The number of amides is 1. The van der Waals surface area contributed by atoms with E-state index in [1.165, 1.54) is 10.4 Å². The topological polar surface area (TPSA) is 76.1 Å². The number of benzene rings is 2. The number of sulfonamides is 1. The fourth-order valence-corrected chi connectivity index (χ4v) is 7.37. The molecule has 9 heteroatoms. The lowest BCUT2D eigenvalue weighted by Gasteiger charge is -2.37. The number of rotatable bonds is 6. The Balaban J connectivity index is 1.54. The summed E-state index contributed by atoms with van der Waals surface area (Å²) in [7, 11) is -0.400. The number of hydrogen-bond acceptors (Lipinski definition) is 6. The number of fused-ring (bicyclic) bond motifs is 1. The molecule has 1 fully saturated rings. The maximum atomic E-state index is 13.9. The predicted molar refractivity (Wildman–Crippen MR) is 135 cm³/mol. The molecule has 1 aromatic heterocycles. The molecule has 2 aliphatic heterocycles. The number of hydrogen-bond donors (Lipinski definition) is 0. The van der Waals surface area contributed by atoms with Crippen LogP contribution in [0.15, 0.2) is 58.8 Å². The van der Waals surface area contributed by atoms with Crippen molar-refractivity contribution >= 4 is 27.3 Å². The normalized spacial score (nSPS) is 18.3. The lowest BCUT2D eigenvalue weighted by atomic mass is 9.90. The van der Waals surface area contributed by atoms with E-state index in [1.54, 1.807) is 43.8 Å². The Bertz CT molecular complexity index is 1330. The second-order valence-corrected chi connectivity index (χ2v) is 11.6. The molecule has 5 rings (SSSR count). The van der Waals surface area contributed by atoms with Crippen LogP contribution >= 0.6 is 11.3 Å². The van der Waals surface area contributed by atoms with Gasteiger partial charge in [-0.3, -0.25) is 4.79 Å². The van der Waals surface area contributed by atoms with E-state index in [0.29, 0.717) is 43.1 Å². The Morgan fingerprint density at radius 2 is 1.71 bits per heavy atom. The van der Waals surface area contributed by atoms with Crippen LogP contribution in [0.3, 0.4) is 0 Å². The second-order valence-electron chi connectivity index (χ2n) is 8.71. The fourth-order valence-electron chi connectivity index (χ4n) is 4.95. The van der Waals surface area contributed by atoms with E-state index in [-0.39, 0.29) is 16.8 Å². The minimum absolute atomic E-state index is 0.168. The summed E-state index contributed by atoms with van der Waals surface area (Å²) in [6, 6.07) is 14.1. The standard InChI is InChI=1S/C26H28N2O5S2/c1-32-22-16-18-10-13-28(25(24-9-6-14-34-24)21(18)17-23(22)33-2)26(29)19-7-5-8-20(15-19)35(30,31)27-11-3-4-12-27/h5-9,14-17,25H,3-4,10-13H2,1-2H3/t25-/m1/s1. The Morgan fingerprint density at radius 3 is 2.40 bits per heavy atom. The van der Waals surface area contributed by atoms with Gasteiger partial charge in [-0.2, -0.15) is 4.31 Å². The molecule has 3 aromatic rings. The van der Waals surface area contributed by atoms with Crippen molar-refractivity contribution in [3.8, 4) is 11.5 Å². The molecule has 2 aromatic carbocycles. The maximum absolute atomic E-state index is 13.9. The van der Waals surface area contributed by atoms with Gasteiger partial charge in [-0.05, 0) is 72.2 Å². The van der Waals surface area contributed by atoms with E-state index >= 15 is 0 Å². The zero-order chi connectivity index (χ0) is 24.6. The van der Waals surface area contributed by atoms with Crippen molar-refractivity contribution < 1.29 is 22.7 Å². The average Bonchev–Trinajstić information content (AvgIpc) is 3.62. The van der Waals surface area contributed by atoms with Gasteiger partial charge in [-0.25, -0.2) is 8.42 Å². The van der Waals surface area contributed by atoms with E-state index in [2.05, 4.69) is 0 Å². The lowest BCUT2D eigenvalue weighted by Crippen LogP contribution is -2.40. The molecule has 1 atom stereocenters. The van der Waals surface area contributed by atoms with Gasteiger partial charge in [0.1, 0.15) is 0 Å². The highest BCUT2D eigenvalue weighted by atomic mass is 32.2. The molecule has 0 unspecified atom stereocenters. The first kappa shape index (κ1) is 23.8. The fraction of sp³-hybridized carbons (Fsp3) is 0.346. The minimum atomic E-state index is -3.61. The molecule has 35 heavy (non-hydrogen) atoms. The van der Waals surface area contributed by atoms with E-state index in [4.69, 9.17) is 9.47 Å². The highest BCUT2D eigenvalue weighted by Gasteiger charge is 2.35. The monoisotopic (exact) mass is 512 g/mol. The van der Waals surface area contributed by atoms with Crippen LogP contribution in [0.1, 0.15) is 45.2 Å². The molecule has 3 heterocycles. The van der Waals surface area contributed by atoms with Gasteiger partial charge in [0.2, 0.25) is 10.0 Å². The van der Waals surface area contributed by atoms with Gasteiger partial charge in [-0.15, -0.1) is 11.3 Å². The van der Waals surface area contributed by atoms with Crippen molar-refractivity contribution in [2.24, 2.45) is 0 Å². The number of nitrogens with zero attached hydrogens (tertiary/aromatic N) is 2. The largest absolute Gasteiger partial charge is 0.493 e. The zero-order valence-corrected chi connectivity index (χ0v) is 21.4. The number of methoxy groups -OCH3 is 2. The number of carbonyl (C=O) groups excluding carboxylic acids is 1. The van der Waals surface area contributed by atoms with E-state index in [9.17, 15) is 13.2 Å². The molecule has 1 saturated heterocycles. The molecule has 0 aliphatic carbocycles. The summed E-state index contributed by atoms with van der Waals surface area (Å²) in [6.45, 7) is 1.55. The van der Waals surface area contributed by atoms with Gasteiger partial charge in [0.25, 0.3) is 5.91 Å². The molecule has 0 bridgehead atoms. The van der Waals surface area contributed by atoms with Crippen molar-refractivity contribution in [3.05, 3.63) is 75.5 Å². The average molecular weight is 513 g/mol. The van der Waals surface area contributed by atoms with E-state index in [1.807, 2.05) is 34.5 Å². The Labute approximate surface area is 209 Å². The minimum Gasteiger partial charge on any atom is -0.493 e. The summed E-state index contributed by atoms with van der Waals surface area (Å²) in [5.74, 6) is 1.08. The van der Waals surface area contributed by atoms with Gasteiger partial charge >= 0.3 is 0 Å². The van der Waals surface area contributed by atoms with Crippen LogP contribution in [0.25, 0.3) is 0 Å². The van der Waals surface area contributed by atoms with Gasteiger partial charge in [-0.1, -0.05) is 12.1 Å². The smallest absolute Gasteiger partial charge is 0.254 e. The third-order valence-electron chi connectivity index (χ3n) is 6.73. The van der Waals surface area contributed by atoms with Crippen molar-refractivity contribution in [2.75, 3.05) is 33.9 Å². The summed E-state index contributed by atoms with van der Waals surface area (Å²) in [4.78, 5) is 16.9. The van der Waals surface area contributed by atoms with Crippen molar-refractivity contribution in [1.82, 2.24) is 9.21 Å². The highest BCUT2D eigenvalue weighted by Crippen LogP contribution is 2.42. The summed E-state index contributed by atoms with van der Waals surface area (Å²) < 4.78 is 38.8. The quantitative estimate of drug-likeness (QED) is 0.491.